The van der Waals surface area contributed by atoms with Crippen molar-refractivity contribution >= 4 is 5.91 Å². The molecule has 0 spiro atoms. The molecule has 0 saturated heterocycles. The van der Waals surface area contributed by atoms with Gasteiger partial charge in [-0.2, -0.15) is 0 Å². The van der Waals surface area contributed by atoms with Crippen LogP contribution >= 0.6 is 0 Å². The van der Waals surface area contributed by atoms with E-state index in [4.69, 9.17) is 9.47 Å². The van der Waals surface area contributed by atoms with Gasteiger partial charge in [0.2, 0.25) is 12.7 Å². The molecule has 0 bridgehead atoms. The zero-order valence-corrected chi connectivity index (χ0v) is 13.8. The second kappa shape index (κ2) is 6.19. The van der Waals surface area contributed by atoms with Crippen LogP contribution in [0.5, 0.6) is 11.5 Å². The molecule has 0 saturated carbocycles. The average molecular weight is 323 g/mol. The van der Waals surface area contributed by atoms with Crippen LogP contribution in [0, 0.1) is 0 Å². The molecule has 1 atom stereocenters. The number of likely N-dealkylation sites (N-methyl/N-ethyl adjacent to an activating group) is 1. The molecule has 1 amide bonds. The van der Waals surface area contributed by atoms with Crippen LogP contribution < -0.4 is 9.47 Å². The molecule has 0 N–H and O–H groups in total. The second-order valence-electron chi connectivity index (χ2n) is 6.53. The molecule has 4 rings (SSSR count). The van der Waals surface area contributed by atoms with Gasteiger partial charge in [0.25, 0.3) is 0 Å². The van der Waals surface area contributed by atoms with Gasteiger partial charge in [-0.3, -0.25) is 4.79 Å². The molecule has 0 fully saturated rings. The molecule has 124 valence electrons. The van der Waals surface area contributed by atoms with Gasteiger partial charge in [0.1, 0.15) is 0 Å². The fourth-order valence-corrected chi connectivity index (χ4v) is 3.67. The van der Waals surface area contributed by atoms with Crippen LogP contribution in [0.25, 0.3) is 0 Å². The number of carbonyl (C=O) groups is 1. The minimum absolute atomic E-state index is 0.0195. The van der Waals surface area contributed by atoms with Gasteiger partial charge in [0.15, 0.2) is 11.5 Å². The van der Waals surface area contributed by atoms with Crippen molar-refractivity contribution in [1.82, 2.24) is 4.90 Å². The van der Waals surface area contributed by atoms with E-state index in [1.54, 1.807) is 0 Å². The Morgan fingerprint density at radius 1 is 1.17 bits per heavy atom. The smallest absolute Gasteiger partial charge is 0.231 e. The monoisotopic (exact) mass is 323 g/mol. The first-order valence-corrected chi connectivity index (χ1v) is 8.43. The Labute approximate surface area is 142 Å². The number of rotatable bonds is 3. The van der Waals surface area contributed by atoms with Gasteiger partial charge in [0.05, 0.1) is 5.92 Å². The topological polar surface area (TPSA) is 38.8 Å². The average Bonchev–Trinajstić information content (AvgIpc) is 3.08. The van der Waals surface area contributed by atoms with Gasteiger partial charge in [-0.05, 0) is 48.1 Å². The quantitative estimate of drug-likeness (QED) is 0.868. The summed E-state index contributed by atoms with van der Waals surface area (Å²) >= 11 is 0. The van der Waals surface area contributed by atoms with Gasteiger partial charge in [-0.15, -0.1) is 0 Å². The molecule has 4 nitrogen and oxygen atoms in total. The molecular weight excluding hydrogens is 302 g/mol. The fourth-order valence-electron chi connectivity index (χ4n) is 3.67. The third-order valence-corrected chi connectivity index (χ3v) is 4.90. The Bertz CT molecular complexity index is 771. The zero-order chi connectivity index (χ0) is 16.5. The van der Waals surface area contributed by atoms with E-state index in [1.807, 2.05) is 36.2 Å². The van der Waals surface area contributed by atoms with Crippen molar-refractivity contribution < 1.29 is 14.3 Å². The van der Waals surface area contributed by atoms with Gasteiger partial charge < -0.3 is 14.4 Å². The van der Waals surface area contributed by atoms with E-state index in [0.717, 1.165) is 36.3 Å². The van der Waals surface area contributed by atoms with Gasteiger partial charge in [0, 0.05) is 13.6 Å². The Morgan fingerprint density at radius 3 is 2.92 bits per heavy atom. The highest BCUT2D eigenvalue weighted by Gasteiger charge is 2.28. The van der Waals surface area contributed by atoms with Gasteiger partial charge >= 0.3 is 0 Å². The minimum Gasteiger partial charge on any atom is -0.454 e. The first-order valence-electron chi connectivity index (χ1n) is 8.43. The normalized spacial score (nSPS) is 18.1. The van der Waals surface area contributed by atoms with Crippen molar-refractivity contribution in [1.29, 1.82) is 0 Å². The molecule has 1 aliphatic heterocycles. The van der Waals surface area contributed by atoms with Gasteiger partial charge in [-0.25, -0.2) is 0 Å². The van der Waals surface area contributed by atoms with E-state index >= 15 is 0 Å². The van der Waals surface area contributed by atoms with E-state index < -0.39 is 0 Å². The lowest BCUT2D eigenvalue weighted by Crippen LogP contribution is -2.33. The molecule has 1 heterocycles. The molecule has 2 aromatic rings. The maximum Gasteiger partial charge on any atom is 0.231 e. The predicted molar refractivity (Wildman–Crippen MR) is 91.2 cm³/mol. The lowest BCUT2D eigenvalue weighted by molar-refractivity contribution is -0.132. The Balaban J connectivity index is 1.51. The van der Waals surface area contributed by atoms with Crippen LogP contribution in [0.3, 0.4) is 0 Å². The van der Waals surface area contributed by atoms with Crippen molar-refractivity contribution in [3.05, 3.63) is 59.2 Å². The SMILES string of the molecule is CN(Cc1ccc2c(c1)OCO2)C(=O)C1CCCc2ccccc21. The maximum absolute atomic E-state index is 13.0. The highest BCUT2D eigenvalue weighted by atomic mass is 16.7. The number of carbonyl (C=O) groups excluding carboxylic acids is 1. The van der Waals surface area contributed by atoms with Crippen LogP contribution in [0.1, 0.15) is 35.4 Å². The number of ether oxygens (including phenoxy) is 2. The minimum atomic E-state index is -0.0195. The first-order chi connectivity index (χ1) is 11.7. The molecular formula is C20H21NO3. The number of benzene rings is 2. The highest BCUT2D eigenvalue weighted by molar-refractivity contribution is 5.84. The maximum atomic E-state index is 13.0. The lowest BCUT2D eigenvalue weighted by atomic mass is 9.82. The molecule has 24 heavy (non-hydrogen) atoms. The number of fused-ring (bicyclic) bond motifs is 2. The van der Waals surface area contributed by atoms with E-state index in [9.17, 15) is 4.79 Å². The number of nitrogens with zero attached hydrogens (tertiary/aromatic N) is 1. The zero-order valence-electron chi connectivity index (χ0n) is 13.8. The summed E-state index contributed by atoms with van der Waals surface area (Å²) in [5.74, 6) is 1.71. The fraction of sp³-hybridized carbons (Fsp3) is 0.350. The first kappa shape index (κ1) is 15.1. The summed E-state index contributed by atoms with van der Waals surface area (Å²) < 4.78 is 10.8. The Morgan fingerprint density at radius 2 is 2.00 bits per heavy atom. The number of amides is 1. The molecule has 1 unspecified atom stereocenters. The van der Waals surface area contributed by atoms with E-state index in [0.29, 0.717) is 6.54 Å². The van der Waals surface area contributed by atoms with Crippen molar-refractivity contribution in [2.75, 3.05) is 13.8 Å². The van der Waals surface area contributed by atoms with Crippen molar-refractivity contribution in [2.45, 2.75) is 31.7 Å². The highest BCUT2D eigenvalue weighted by Crippen LogP contribution is 2.34. The summed E-state index contributed by atoms with van der Waals surface area (Å²) in [4.78, 5) is 14.8. The summed E-state index contributed by atoms with van der Waals surface area (Å²) in [7, 11) is 1.88. The molecule has 1 aliphatic carbocycles. The van der Waals surface area contributed by atoms with Crippen LogP contribution in [0.4, 0.5) is 0 Å². The van der Waals surface area contributed by atoms with Gasteiger partial charge in [-0.1, -0.05) is 30.3 Å². The summed E-state index contributed by atoms with van der Waals surface area (Å²) in [6.45, 7) is 0.848. The van der Waals surface area contributed by atoms with E-state index in [1.165, 1.54) is 11.1 Å². The molecule has 4 heteroatoms. The Kier molecular flexibility index (Phi) is 3.89. The van der Waals surface area contributed by atoms with Crippen LogP contribution in [0.15, 0.2) is 42.5 Å². The molecule has 0 aromatic heterocycles. The molecule has 2 aliphatic rings. The number of aryl methyl sites for hydroxylation is 1. The van der Waals surface area contributed by atoms with Crippen LogP contribution in [-0.4, -0.2) is 24.6 Å². The lowest BCUT2D eigenvalue weighted by Gasteiger charge is -2.28. The van der Waals surface area contributed by atoms with Crippen LogP contribution in [-0.2, 0) is 17.8 Å². The van der Waals surface area contributed by atoms with Crippen molar-refractivity contribution in [3.8, 4) is 11.5 Å². The van der Waals surface area contributed by atoms with Crippen LogP contribution in [0.2, 0.25) is 0 Å². The third-order valence-electron chi connectivity index (χ3n) is 4.90. The van der Waals surface area contributed by atoms with E-state index in [-0.39, 0.29) is 18.6 Å². The van der Waals surface area contributed by atoms with Crippen molar-refractivity contribution in [3.63, 3.8) is 0 Å². The molecule has 2 aromatic carbocycles. The Hall–Kier alpha value is -2.49. The predicted octanol–water partition coefficient (Wildman–Crippen LogP) is 3.49. The number of hydrogen-bond acceptors (Lipinski definition) is 3. The second-order valence-corrected chi connectivity index (χ2v) is 6.53. The van der Waals surface area contributed by atoms with Crippen molar-refractivity contribution in [2.24, 2.45) is 0 Å². The summed E-state index contributed by atoms with van der Waals surface area (Å²) in [5.41, 5.74) is 3.57. The summed E-state index contributed by atoms with van der Waals surface area (Å²) in [6, 6.07) is 14.2. The van der Waals surface area contributed by atoms with E-state index in [2.05, 4.69) is 18.2 Å². The standard InChI is InChI=1S/C20H21NO3/c1-21(12-14-9-10-18-19(11-14)24-13-23-18)20(22)17-8-4-6-15-5-2-3-7-16(15)17/h2-3,5,7,9-11,17H,4,6,8,12-13H2,1H3. The number of hydrogen-bond donors (Lipinski definition) is 0. The summed E-state index contributed by atoms with van der Waals surface area (Å²) in [5, 5.41) is 0. The third kappa shape index (κ3) is 2.73. The largest absolute Gasteiger partial charge is 0.454 e. The molecule has 0 radical (unpaired) electrons. The summed E-state index contributed by atoms with van der Waals surface area (Å²) in [6.07, 6.45) is 3.08.